The van der Waals surface area contributed by atoms with Gasteiger partial charge in [0, 0.05) is 0 Å². The summed E-state index contributed by atoms with van der Waals surface area (Å²) in [5, 5.41) is 13.8. The monoisotopic (exact) mass is 296 g/mol. The van der Waals surface area contributed by atoms with E-state index in [0.29, 0.717) is 5.69 Å². The van der Waals surface area contributed by atoms with Crippen LogP contribution in [-0.4, -0.2) is 27.3 Å². The largest absolute Gasteiger partial charge is 0.478 e. The van der Waals surface area contributed by atoms with Crippen LogP contribution in [0.2, 0.25) is 0 Å². The van der Waals surface area contributed by atoms with Crippen molar-refractivity contribution in [3.63, 3.8) is 0 Å². The fourth-order valence-electron chi connectivity index (χ4n) is 1.27. The van der Waals surface area contributed by atoms with E-state index >= 15 is 0 Å². The Morgan fingerprint density at radius 1 is 1.40 bits per heavy atom. The van der Waals surface area contributed by atoms with Crippen LogP contribution in [-0.2, 0) is 4.79 Å². The van der Waals surface area contributed by atoms with Crippen LogP contribution in [0.3, 0.4) is 0 Å². The Balaban J connectivity index is 2.94. The molecular weight excluding hydrogens is 280 g/mol. The number of rotatable bonds is 4. The van der Waals surface area contributed by atoms with Gasteiger partial charge in [0.1, 0.15) is 6.29 Å². The third-order valence-electron chi connectivity index (χ3n) is 2.35. The van der Waals surface area contributed by atoms with Crippen LogP contribution in [0.5, 0.6) is 0 Å². The maximum atomic E-state index is 10.9. The molecule has 5 N–H and O–H groups in total. The zero-order valence-electron chi connectivity index (χ0n) is 11.1. The topological polar surface area (TPSA) is 122 Å². The average Bonchev–Trinajstić information content (AvgIpc) is 2.44. The van der Waals surface area contributed by atoms with E-state index in [0.717, 1.165) is 18.0 Å². The first-order valence-electron chi connectivity index (χ1n) is 5.62. The van der Waals surface area contributed by atoms with Gasteiger partial charge in [-0.25, -0.2) is 10.6 Å². The number of aldehydes is 1. The number of amidine groups is 1. The number of anilines is 1. The Labute approximate surface area is 120 Å². The molecule has 1 rings (SSSR count). The molecule has 0 aliphatic rings. The number of hydrogen-bond donors (Lipinski definition) is 3. The summed E-state index contributed by atoms with van der Waals surface area (Å²) in [7, 11) is 0. The van der Waals surface area contributed by atoms with Crippen molar-refractivity contribution in [3.8, 4) is 0 Å². The molecule has 0 saturated carbocycles. The van der Waals surface area contributed by atoms with E-state index in [1.54, 1.807) is 13.8 Å². The van der Waals surface area contributed by atoms with Gasteiger partial charge in [0.25, 0.3) is 0 Å². The van der Waals surface area contributed by atoms with Crippen molar-refractivity contribution in [1.82, 2.24) is 0 Å². The van der Waals surface area contributed by atoms with Crippen molar-refractivity contribution in [2.75, 3.05) is 5.01 Å². The smallest absolute Gasteiger partial charge is 0.335 e. The van der Waals surface area contributed by atoms with E-state index in [1.165, 1.54) is 29.3 Å². The number of hydrogen-bond acceptors (Lipinski definition) is 6. The second-order valence-electron chi connectivity index (χ2n) is 4.46. The molecule has 0 saturated heterocycles. The molecule has 0 amide bonds. The molecule has 0 heterocycles. The maximum absolute atomic E-state index is 10.9. The third kappa shape index (κ3) is 3.97. The summed E-state index contributed by atoms with van der Waals surface area (Å²) in [6.07, 6.45) is 0.768. The minimum atomic E-state index is -1.02. The Hall–Kier alpha value is -2.06. The van der Waals surface area contributed by atoms with Gasteiger partial charge in [0.05, 0.1) is 16.0 Å². The fourth-order valence-corrected chi connectivity index (χ4v) is 2.05. The summed E-state index contributed by atoms with van der Waals surface area (Å²) in [5.41, 5.74) is 0.655. The number of nitrogens with two attached hydrogens (primary N) is 2. The lowest BCUT2D eigenvalue weighted by Gasteiger charge is -2.24. The molecular formula is C12H16N4O3S. The van der Waals surface area contributed by atoms with Gasteiger partial charge in [-0.3, -0.25) is 5.01 Å². The first kappa shape index (κ1) is 16.0. The molecule has 108 valence electrons. The van der Waals surface area contributed by atoms with Crippen molar-refractivity contribution in [1.29, 1.82) is 0 Å². The molecule has 7 nitrogen and oxygen atoms in total. The highest BCUT2D eigenvalue weighted by Crippen LogP contribution is 2.26. The quantitative estimate of drug-likeness (QED) is 0.249. The van der Waals surface area contributed by atoms with Crippen molar-refractivity contribution in [2.45, 2.75) is 18.6 Å². The van der Waals surface area contributed by atoms with Crippen molar-refractivity contribution < 1.29 is 14.7 Å². The van der Waals surface area contributed by atoms with Gasteiger partial charge in [-0.2, -0.15) is 5.10 Å². The summed E-state index contributed by atoms with van der Waals surface area (Å²) < 4.78 is -0.725. The summed E-state index contributed by atoms with van der Waals surface area (Å²) in [4.78, 5) is 21.7. The first-order valence-corrected chi connectivity index (χ1v) is 6.44. The van der Waals surface area contributed by atoms with Crippen LogP contribution in [0, 0.1) is 0 Å². The second-order valence-corrected chi connectivity index (χ2v) is 6.08. The van der Waals surface area contributed by atoms with E-state index in [-0.39, 0.29) is 10.7 Å². The molecule has 1 aromatic rings. The maximum Gasteiger partial charge on any atom is 0.335 e. The average molecular weight is 296 g/mol. The van der Waals surface area contributed by atoms with Crippen LogP contribution in [0.4, 0.5) is 5.69 Å². The van der Waals surface area contributed by atoms with Crippen LogP contribution < -0.4 is 16.7 Å². The molecule has 0 aliphatic carbocycles. The predicted molar refractivity (Wildman–Crippen MR) is 79.4 cm³/mol. The molecule has 1 aromatic carbocycles. The molecule has 0 spiro atoms. The molecule has 0 aliphatic heterocycles. The van der Waals surface area contributed by atoms with Gasteiger partial charge < -0.3 is 15.7 Å². The normalized spacial score (nSPS) is 12.1. The predicted octanol–water partition coefficient (Wildman–Crippen LogP) is 1.01. The number of carboxylic acid groups (broad SMARTS) is 1. The summed E-state index contributed by atoms with van der Waals surface area (Å²) in [6.45, 7) is 3.41. The molecule has 8 heteroatoms. The molecule has 0 atom stereocenters. The van der Waals surface area contributed by atoms with Crippen molar-refractivity contribution >= 4 is 34.9 Å². The highest BCUT2D eigenvalue weighted by Gasteiger charge is 2.24. The summed E-state index contributed by atoms with van der Waals surface area (Å²) >= 11 is 1.10. The Bertz CT molecular complexity index is 528. The van der Waals surface area contributed by atoms with Gasteiger partial charge in [-0.15, -0.1) is 0 Å². The highest BCUT2D eigenvalue weighted by atomic mass is 32.2. The van der Waals surface area contributed by atoms with Gasteiger partial charge in [0.15, 0.2) is 0 Å². The summed E-state index contributed by atoms with van der Waals surface area (Å²) in [5.74, 6) is 10.1. The van der Waals surface area contributed by atoms with E-state index in [9.17, 15) is 9.59 Å². The molecule has 0 bridgehead atoms. The molecule has 0 aromatic heterocycles. The van der Waals surface area contributed by atoms with E-state index < -0.39 is 10.7 Å². The SMILES string of the molecule is CC(C)(C=O)S/C(=N/N)N(N)c1ccc(C(=O)O)cc1. The number of hydrazone groups is 1. The zero-order valence-corrected chi connectivity index (χ0v) is 11.9. The second kappa shape index (κ2) is 6.40. The van der Waals surface area contributed by atoms with Crippen LogP contribution in [0.15, 0.2) is 29.4 Å². The van der Waals surface area contributed by atoms with Gasteiger partial charge >= 0.3 is 5.97 Å². The number of carbonyl (C=O) groups excluding carboxylic acids is 1. The Morgan fingerprint density at radius 2 is 1.95 bits per heavy atom. The van der Waals surface area contributed by atoms with Gasteiger partial charge in [-0.1, -0.05) is 11.8 Å². The van der Waals surface area contributed by atoms with E-state index in [1.807, 2.05) is 0 Å². The highest BCUT2D eigenvalue weighted by molar-refractivity contribution is 8.15. The molecule has 0 unspecified atom stereocenters. The Kier molecular flexibility index (Phi) is 5.12. The number of nitrogens with zero attached hydrogens (tertiary/aromatic N) is 2. The lowest BCUT2D eigenvalue weighted by atomic mass is 10.2. The minimum absolute atomic E-state index is 0.147. The number of carbonyl (C=O) groups is 2. The number of hydrazine groups is 1. The standard InChI is InChI=1S/C12H16N4O3S/c1-12(2,7-17)20-11(15-13)16(14)9-5-3-8(4-6-9)10(18)19/h3-7H,13-14H2,1-2H3,(H,18,19)/b15-11+. The van der Waals surface area contributed by atoms with Crippen LogP contribution >= 0.6 is 11.8 Å². The van der Waals surface area contributed by atoms with Crippen molar-refractivity contribution in [2.24, 2.45) is 16.8 Å². The Morgan fingerprint density at radius 3 is 2.35 bits per heavy atom. The fraction of sp³-hybridized carbons (Fsp3) is 0.250. The minimum Gasteiger partial charge on any atom is -0.478 e. The van der Waals surface area contributed by atoms with E-state index in [4.69, 9.17) is 16.8 Å². The third-order valence-corrected chi connectivity index (χ3v) is 3.45. The zero-order chi connectivity index (χ0) is 15.3. The number of aromatic carboxylic acids is 1. The number of carboxylic acids is 1. The summed E-state index contributed by atoms with van der Waals surface area (Å²) in [6, 6.07) is 5.90. The molecule has 0 radical (unpaired) electrons. The van der Waals surface area contributed by atoms with Crippen LogP contribution in [0.1, 0.15) is 24.2 Å². The lowest BCUT2D eigenvalue weighted by molar-refractivity contribution is -0.109. The number of thioether (sulfide) groups is 1. The van der Waals surface area contributed by atoms with E-state index in [2.05, 4.69) is 5.10 Å². The first-order chi connectivity index (χ1) is 9.30. The van der Waals surface area contributed by atoms with Crippen LogP contribution in [0.25, 0.3) is 0 Å². The lowest BCUT2D eigenvalue weighted by Crippen LogP contribution is -2.39. The van der Waals surface area contributed by atoms with Crippen molar-refractivity contribution in [3.05, 3.63) is 29.8 Å². The van der Waals surface area contributed by atoms with Gasteiger partial charge in [-0.05, 0) is 38.1 Å². The van der Waals surface area contributed by atoms with Gasteiger partial charge in [0.2, 0.25) is 5.17 Å². The molecule has 0 fully saturated rings. The molecule has 20 heavy (non-hydrogen) atoms. The number of benzene rings is 1.